The molecule has 9 heteroatoms. The van der Waals surface area contributed by atoms with Gasteiger partial charge in [-0.1, -0.05) is 36.4 Å². The van der Waals surface area contributed by atoms with Crippen molar-refractivity contribution in [1.29, 1.82) is 0 Å². The number of amidine groups is 1. The van der Waals surface area contributed by atoms with Crippen LogP contribution < -0.4 is 0 Å². The summed E-state index contributed by atoms with van der Waals surface area (Å²) in [6.45, 7) is 2.02. The monoisotopic (exact) mass is 461 g/mol. The van der Waals surface area contributed by atoms with E-state index in [2.05, 4.69) is 4.99 Å². The van der Waals surface area contributed by atoms with Crippen LogP contribution in [0.3, 0.4) is 0 Å². The number of carbonyl (C=O) groups excluding carboxylic acids is 1. The number of halogens is 1. The van der Waals surface area contributed by atoms with E-state index in [1.54, 1.807) is 35.2 Å². The molecule has 0 aromatic heterocycles. The molecule has 0 unspecified atom stereocenters. The van der Waals surface area contributed by atoms with E-state index in [0.717, 1.165) is 19.3 Å². The molecule has 0 radical (unpaired) electrons. The Kier molecular flexibility index (Phi) is 6.74. The quantitative estimate of drug-likeness (QED) is 0.680. The van der Waals surface area contributed by atoms with E-state index in [1.165, 1.54) is 34.3 Å². The number of hydrogen-bond acceptors (Lipinski definition) is 5. The van der Waals surface area contributed by atoms with Crippen LogP contribution >= 0.6 is 11.8 Å². The molecule has 1 fully saturated rings. The number of thioether (sulfide) groups is 1. The Morgan fingerprint density at radius 2 is 1.71 bits per heavy atom. The summed E-state index contributed by atoms with van der Waals surface area (Å²) in [7, 11) is -3.53. The van der Waals surface area contributed by atoms with Crippen LogP contribution in [0.25, 0.3) is 0 Å². The molecule has 2 aromatic carbocycles. The third kappa shape index (κ3) is 4.83. The van der Waals surface area contributed by atoms with Gasteiger partial charge in [-0.25, -0.2) is 12.8 Å². The summed E-state index contributed by atoms with van der Waals surface area (Å²) in [4.78, 5) is 19.2. The SMILES string of the molecule is O=C(c1ccc(S(=O)(=O)N2CCCCC2)cc1)N1CCN=C1SCc1ccccc1F. The van der Waals surface area contributed by atoms with E-state index in [9.17, 15) is 17.6 Å². The molecule has 1 saturated heterocycles. The maximum absolute atomic E-state index is 13.9. The van der Waals surface area contributed by atoms with Crippen LogP contribution in [-0.4, -0.2) is 54.9 Å². The molecule has 0 bridgehead atoms. The van der Waals surface area contributed by atoms with Crippen molar-refractivity contribution in [2.75, 3.05) is 26.2 Å². The predicted molar refractivity (Wildman–Crippen MR) is 120 cm³/mol. The van der Waals surface area contributed by atoms with Gasteiger partial charge >= 0.3 is 0 Å². The molecule has 31 heavy (non-hydrogen) atoms. The molecule has 2 aromatic rings. The van der Waals surface area contributed by atoms with Gasteiger partial charge in [0.25, 0.3) is 5.91 Å². The van der Waals surface area contributed by atoms with Crippen molar-refractivity contribution in [2.45, 2.75) is 29.9 Å². The van der Waals surface area contributed by atoms with Gasteiger partial charge in [0.2, 0.25) is 10.0 Å². The molecule has 2 heterocycles. The number of piperidine rings is 1. The lowest BCUT2D eigenvalue weighted by Gasteiger charge is -2.26. The first-order valence-corrected chi connectivity index (χ1v) is 12.7. The highest BCUT2D eigenvalue weighted by Crippen LogP contribution is 2.24. The van der Waals surface area contributed by atoms with Gasteiger partial charge in [0.15, 0.2) is 5.17 Å². The van der Waals surface area contributed by atoms with Crippen LogP contribution in [0.15, 0.2) is 58.4 Å². The van der Waals surface area contributed by atoms with E-state index in [1.807, 2.05) is 0 Å². The summed E-state index contributed by atoms with van der Waals surface area (Å²) in [5, 5.41) is 0.554. The molecule has 2 aliphatic rings. The van der Waals surface area contributed by atoms with Crippen LogP contribution in [-0.2, 0) is 15.8 Å². The van der Waals surface area contributed by atoms with Gasteiger partial charge < -0.3 is 0 Å². The normalized spacial score (nSPS) is 17.6. The number of carbonyl (C=O) groups is 1. The molecular weight excluding hydrogens is 437 g/mol. The number of hydrogen-bond donors (Lipinski definition) is 0. The van der Waals surface area contributed by atoms with Gasteiger partial charge in [0, 0.05) is 31.0 Å². The zero-order chi connectivity index (χ0) is 21.8. The fraction of sp³-hybridized carbons (Fsp3) is 0.364. The van der Waals surface area contributed by atoms with Crippen molar-refractivity contribution in [3.05, 3.63) is 65.5 Å². The Balaban J connectivity index is 1.44. The van der Waals surface area contributed by atoms with Crippen LogP contribution in [0, 0.1) is 5.82 Å². The number of rotatable bonds is 5. The molecule has 4 rings (SSSR count). The second-order valence-corrected chi connectivity index (χ2v) is 10.4. The molecule has 2 aliphatic heterocycles. The van der Waals surface area contributed by atoms with E-state index < -0.39 is 10.0 Å². The lowest BCUT2D eigenvalue weighted by Crippen LogP contribution is -2.35. The minimum atomic E-state index is -3.53. The number of nitrogens with zero attached hydrogens (tertiary/aromatic N) is 3. The third-order valence-corrected chi connectivity index (χ3v) is 8.39. The number of benzene rings is 2. The Labute approximate surface area is 186 Å². The second-order valence-electron chi connectivity index (χ2n) is 7.49. The molecule has 0 N–H and O–H groups in total. The van der Waals surface area contributed by atoms with E-state index in [-0.39, 0.29) is 16.6 Å². The fourth-order valence-corrected chi connectivity index (χ4v) is 6.22. The summed E-state index contributed by atoms with van der Waals surface area (Å²) >= 11 is 1.32. The van der Waals surface area contributed by atoms with Crippen molar-refractivity contribution in [1.82, 2.24) is 9.21 Å². The first-order valence-electron chi connectivity index (χ1n) is 10.3. The zero-order valence-corrected chi connectivity index (χ0v) is 18.7. The fourth-order valence-electron chi connectivity index (χ4n) is 3.68. The largest absolute Gasteiger partial charge is 0.286 e. The Morgan fingerprint density at radius 1 is 1.00 bits per heavy atom. The third-order valence-electron chi connectivity index (χ3n) is 5.42. The van der Waals surface area contributed by atoms with E-state index in [4.69, 9.17) is 0 Å². The van der Waals surface area contributed by atoms with Crippen LogP contribution in [0.1, 0.15) is 35.2 Å². The second kappa shape index (κ2) is 9.50. The molecule has 0 saturated carbocycles. The van der Waals surface area contributed by atoms with Gasteiger partial charge in [-0.2, -0.15) is 4.31 Å². The highest BCUT2D eigenvalue weighted by atomic mass is 32.2. The van der Waals surface area contributed by atoms with Crippen molar-refractivity contribution < 1.29 is 17.6 Å². The van der Waals surface area contributed by atoms with Crippen LogP contribution in [0.5, 0.6) is 0 Å². The summed E-state index contributed by atoms with van der Waals surface area (Å²) in [5.41, 5.74) is 0.959. The maximum atomic E-state index is 13.9. The standard InChI is InChI=1S/C22H24FN3O3S2/c23-20-7-3-2-6-18(20)16-30-22-24-12-15-26(22)21(27)17-8-10-19(11-9-17)31(28,29)25-13-4-1-5-14-25/h2-3,6-11H,1,4-5,12-16H2. The summed E-state index contributed by atoms with van der Waals surface area (Å²) < 4.78 is 41.0. The summed E-state index contributed by atoms with van der Waals surface area (Å²) in [6, 6.07) is 12.6. The van der Waals surface area contributed by atoms with E-state index >= 15 is 0 Å². The predicted octanol–water partition coefficient (Wildman–Crippen LogP) is 3.75. The minimum absolute atomic E-state index is 0.204. The molecule has 164 valence electrons. The van der Waals surface area contributed by atoms with E-state index in [0.29, 0.717) is 48.2 Å². The summed E-state index contributed by atoms with van der Waals surface area (Å²) in [6.07, 6.45) is 2.79. The van der Waals surface area contributed by atoms with Gasteiger partial charge in [0.05, 0.1) is 11.4 Å². The molecule has 0 spiro atoms. The van der Waals surface area contributed by atoms with Crippen molar-refractivity contribution in [2.24, 2.45) is 4.99 Å². The lowest BCUT2D eigenvalue weighted by atomic mass is 10.2. The number of aliphatic imine (C=N–C) groups is 1. The van der Waals surface area contributed by atoms with Crippen LogP contribution in [0.4, 0.5) is 4.39 Å². The topological polar surface area (TPSA) is 70.1 Å². The molecule has 0 atom stereocenters. The molecular formula is C22H24FN3O3S2. The Hall–Kier alpha value is -2.23. The smallest absolute Gasteiger partial charge is 0.259 e. The molecule has 6 nitrogen and oxygen atoms in total. The summed E-state index contributed by atoms with van der Waals surface area (Å²) in [5.74, 6) is -0.140. The first-order chi connectivity index (χ1) is 15.0. The highest BCUT2D eigenvalue weighted by molar-refractivity contribution is 8.13. The van der Waals surface area contributed by atoms with Gasteiger partial charge in [0.1, 0.15) is 5.82 Å². The van der Waals surface area contributed by atoms with Crippen molar-refractivity contribution >= 4 is 32.9 Å². The number of sulfonamides is 1. The Morgan fingerprint density at radius 3 is 2.42 bits per heavy atom. The van der Waals surface area contributed by atoms with Gasteiger partial charge in [-0.15, -0.1) is 0 Å². The Bertz CT molecular complexity index is 1080. The van der Waals surface area contributed by atoms with Crippen molar-refractivity contribution in [3.8, 4) is 0 Å². The van der Waals surface area contributed by atoms with Crippen molar-refractivity contribution in [3.63, 3.8) is 0 Å². The minimum Gasteiger partial charge on any atom is -0.286 e. The first kappa shape index (κ1) is 22.0. The lowest BCUT2D eigenvalue weighted by molar-refractivity contribution is 0.0860. The zero-order valence-electron chi connectivity index (χ0n) is 17.0. The average Bonchev–Trinajstić information content (AvgIpc) is 3.27. The maximum Gasteiger partial charge on any atom is 0.259 e. The average molecular weight is 462 g/mol. The van der Waals surface area contributed by atoms with Gasteiger partial charge in [-0.05, 0) is 48.7 Å². The molecule has 0 aliphatic carbocycles. The van der Waals surface area contributed by atoms with Crippen LogP contribution in [0.2, 0.25) is 0 Å². The molecule has 1 amide bonds. The highest BCUT2D eigenvalue weighted by Gasteiger charge is 2.28. The number of amides is 1. The van der Waals surface area contributed by atoms with Gasteiger partial charge in [-0.3, -0.25) is 14.7 Å².